The molecule has 0 saturated carbocycles. The third kappa shape index (κ3) is 7.29. The van der Waals surface area contributed by atoms with E-state index in [-0.39, 0.29) is 16.9 Å². The summed E-state index contributed by atoms with van der Waals surface area (Å²) >= 11 is 5.39. The summed E-state index contributed by atoms with van der Waals surface area (Å²) in [7, 11) is 0. The number of thiocarbonyl (C=S) groups is 1. The first-order chi connectivity index (χ1) is 16.0. The maximum absolute atomic E-state index is 13.1. The standard InChI is InChI=1S/C26H33N3O3S/c1-19(2)15-18-32-23-14-8-6-12-21(23)24(30)28-26(33)27-22-13-7-5-11-20(22)25(31)29-16-9-3-4-10-17-29/h5-8,11-14,19H,3-4,9-10,15-18H2,1-2H3,(H2,27,28,30,33). The lowest BCUT2D eigenvalue weighted by Gasteiger charge is -2.22. The SMILES string of the molecule is CC(C)CCOc1ccccc1C(=O)NC(=S)Nc1ccccc1C(=O)N1CCCCCC1. The lowest BCUT2D eigenvalue weighted by molar-refractivity contribution is 0.0762. The number of benzene rings is 2. The second kappa shape index (κ2) is 12.3. The Morgan fingerprint density at radius 1 is 0.970 bits per heavy atom. The van der Waals surface area contributed by atoms with Gasteiger partial charge in [-0.1, -0.05) is 51.0 Å². The van der Waals surface area contributed by atoms with E-state index in [1.165, 1.54) is 0 Å². The molecular formula is C26H33N3O3S. The summed E-state index contributed by atoms with van der Waals surface area (Å²) in [5.74, 6) is 0.664. The zero-order valence-electron chi connectivity index (χ0n) is 19.4. The van der Waals surface area contributed by atoms with Gasteiger partial charge in [-0.25, -0.2) is 0 Å². The Bertz CT molecular complexity index is 969. The third-order valence-corrected chi connectivity index (χ3v) is 5.81. The fraction of sp³-hybridized carbons (Fsp3) is 0.423. The van der Waals surface area contributed by atoms with Gasteiger partial charge in [0.05, 0.1) is 23.4 Å². The van der Waals surface area contributed by atoms with Crippen molar-refractivity contribution in [3.05, 3.63) is 59.7 Å². The van der Waals surface area contributed by atoms with Gasteiger partial charge in [-0.3, -0.25) is 14.9 Å². The fourth-order valence-electron chi connectivity index (χ4n) is 3.73. The van der Waals surface area contributed by atoms with Crippen molar-refractivity contribution in [3.63, 3.8) is 0 Å². The Morgan fingerprint density at radius 3 is 2.30 bits per heavy atom. The molecule has 0 radical (unpaired) electrons. The molecule has 0 spiro atoms. The fourth-order valence-corrected chi connectivity index (χ4v) is 3.93. The number of carbonyl (C=O) groups excluding carboxylic acids is 2. The van der Waals surface area contributed by atoms with Gasteiger partial charge in [-0.15, -0.1) is 0 Å². The van der Waals surface area contributed by atoms with Crippen LogP contribution in [0.1, 0.15) is 66.7 Å². The van der Waals surface area contributed by atoms with Crippen molar-refractivity contribution < 1.29 is 14.3 Å². The number of hydrogen-bond donors (Lipinski definition) is 2. The van der Waals surface area contributed by atoms with Crippen molar-refractivity contribution in [2.75, 3.05) is 25.0 Å². The summed E-state index contributed by atoms with van der Waals surface area (Å²) in [5.41, 5.74) is 1.55. The topological polar surface area (TPSA) is 70.7 Å². The number of nitrogens with one attached hydrogen (secondary N) is 2. The summed E-state index contributed by atoms with van der Waals surface area (Å²) in [5, 5.41) is 5.88. The van der Waals surface area contributed by atoms with E-state index in [9.17, 15) is 9.59 Å². The van der Waals surface area contributed by atoms with Crippen LogP contribution in [-0.4, -0.2) is 41.5 Å². The van der Waals surface area contributed by atoms with Crippen LogP contribution in [0, 0.1) is 5.92 Å². The molecule has 0 atom stereocenters. The van der Waals surface area contributed by atoms with Crippen molar-refractivity contribution in [2.45, 2.75) is 46.0 Å². The third-order valence-electron chi connectivity index (χ3n) is 5.61. The van der Waals surface area contributed by atoms with Gasteiger partial charge in [-0.2, -0.15) is 0 Å². The number of amides is 2. The van der Waals surface area contributed by atoms with Gasteiger partial charge in [0, 0.05) is 13.1 Å². The molecule has 6 nitrogen and oxygen atoms in total. The van der Waals surface area contributed by atoms with Gasteiger partial charge in [0.25, 0.3) is 11.8 Å². The van der Waals surface area contributed by atoms with Crippen LogP contribution in [0.2, 0.25) is 0 Å². The molecule has 176 valence electrons. The Kier molecular flexibility index (Phi) is 9.24. The average Bonchev–Trinajstić information content (AvgIpc) is 3.08. The van der Waals surface area contributed by atoms with E-state index in [2.05, 4.69) is 24.5 Å². The van der Waals surface area contributed by atoms with Gasteiger partial charge < -0.3 is 15.0 Å². The minimum absolute atomic E-state index is 0.0157. The molecule has 1 heterocycles. The minimum atomic E-state index is -0.357. The van der Waals surface area contributed by atoms with Crippen LogP contribution in [0.25, 0.3) is 0 Å². The highest BCUT2D eigenvalue weighted by molar-refractivity contribution is 7.80. The largest absolute Gasteiger partial charge is 0.493 e. The number of carbonyl (C=O) groups is 2. The van der Waals surface area contributed by atoms with E-state index in [0.29, 0.717) is 35.1 Å². The van der Waals surface area contributed by atoms with E-state index in [0.717, 1.165) is 45.2 Å². The smallest absolute Gasteiger partial charge is 0.261 e. The Balaban J connectivity index is 1.66. The Hall–Kier alpha value is -2.93. The molecule has 1 aliphatic rings. The quantitative estimate of drug-likeness (QED) is 0.544. The molecule has 2 amide bonds. The summed E-state index contributed by atoms with van der Waals surface area (Å²) in [6.07, 6.45) is 5.26. The van der Waals surface area contributed by atoms with Gasteiger partial charge in [-0.05, 0) is 61.7 Å². The molecule has 0 unspecified atom stereocenters. The first-order valence-electron chi connectivity index (χ1n) is 11.7. The summed E-state index contributed by atoms with van der Waals surface area (Å²) in [4.78, 5) is 27.9. The van der Waals surface area contributed by atoms with Crippen LogP contribution in [-0.2, 0) is 0 Å². The van der Waals surface area contributed by atoms with Crippen LogP contribution in [0.15, 0.2) is 48.5 Å². The first-order valence-corrected chi connectivity index (χ1v) is 12.1. The van der Waals surface area contributed by atoms with Crippen LogP contribution < -0.4 is 15.4 Å². The molecule has 0 bridgehead atoms. The lowest BCUT2D eigenvalue weighted by atomic mass is 10.1. The minimum Gasteiger partial charge on any atom is -0.493 e. The predicted octanol–water partition coefficient (Wildman–Crippen LogP) is 5.25. The normalized spacial score (nSPS) is 13.8. The number of rotatable bonds is 7. The molecule has 2 N–H and O–H groups in total. The molecule has 1 saturated heterocycles. The maximum Gasteiger partial charge on any atom is 0.261 e. The zero-order chi connectivity index (χ0) is 23.6. The van der Waals surface area contributed by atoms with Crippen LogP contribution >= 0.6 is 12.2 Å². The zero-order valence-corrected chi connectivity index (χ0v) is 20.2. The molecule has 7 heteroatoms. The molecule has 1 fully saturated rings. The second-order valence-corrected chi connectivity index (χ2v) is 9.10. The van der Waals surface area contributed by atoms with Crippen LogP contribution in [0.5, 0.6) is 5.75 Å². The Labute approximate surface area is 201 Å². The van der Waals surface area contributed by atoms with Gasteiger partial charge in [0.2, 0.25) is 0 Å². The highest BCUT2D eigenvalue weighted by Crippen LogP contribution is 2.21. The summed E-state index contributed by atoms with van der Waals surface area (Å²) in [6.45, 7) is 6.32. The highest BCUT2D eigenvalue weighted by Gasteiger charge is 2.21. The number of nitrogens with zero attached hydrogens (tertiary/aromatic N) is 1. The molecule has 2 aromatic rings. The number of para-hydroxylation sites is 2. The van der Waals surface area contributed by atoms with E-state index in [4.69, 9.17) is 17.0 Å². The molecule has 2 aromatic carbocycles. The van der Waals surface area contributed by atoms with E-state index in [1.54, 1.807) is 30.3 Å². The predicted molar refractivity (Wildman–Crippen MR) is 136 cm³/mol. The number of ether oxygens (including phenoxy) is 1. The van der Waals surface area contributed by atoms with Gasteiger partial charge in [0.1, 0.15) is 5.75 Å². The highest BCUT2D eigenvalue weighted by atomic mass is 32.1. The molecule has 1 aliphatic heterocycles. The Morgan fingerprint density at radius 2 is 1.61 bits per heavy atom. The second-order valence-electron chi connectivity index (χ2n) is 8.69. The van der Waals surface area contributed by atoms with Crippen LogP contribution in [0.3, 0.4) is 0 Å². The van der Waals surface area contributed by atoms with E-state index < -0.39 is 0 Å². The van der Waals surface area contributed by atoms with Gasteiger partial charge in [0.15, 0.2) is 5.11 Å². The molecule has 33 heavy (non-hydrogen) atoms. The van der Waals surface area contributed by atoms with Crippen LogP contribution in [0.4, 0.5) is 5.69 Å². The average molecular weight is 468 g/mol. The van der Waals surface area contributed by atoms with Crippen molar-refractivity contribution in [1.29, 1.82) is 0 Å². The molecule has 0 aliphatic carbocycles. The monoisotopic (exact) mass is 467 g/mol. The van der Waals surface area contributed by atoms with Crippen molar-refractivity contribution in [3.8, 4) is 5.75 Å². The van der Waals surface area contributed by atoms with Crippen molar-refractivity contribution in [2.24, 2.45) is 5.92 Å². The number of anilines is 1. The molecular weight excluding hydrogens is 434 g/mol. The van der Waals surface area contributed by atoms with E-state index >= 15 is 0 Å². The first kappa shape index (κ1) is 24.7. The van der Waals surface area contributed by atoms with Gasteiger partial charge >= 0.3 is 0 Å². The maximum atomic E-state index is 13.1. The lowest BCUT2D eigenvalue weighted by Crippen LogP contribution is -2.36. The summed E-state index contributed by atoms with van der Waals surface area (Å²) in [6, 6.07) is 14.4. The van der Waals surface area contributed by atoms with Crippen molar-refractivity contribution in [1.82, 2.24) is 10.2 Å². The molecule has 3 rings (SSSR count). The van der Waals surface area contributed by atoms with Crippen molar-refractivity contribution >= 4 is 34.8 Å². The summed E-state index contributed by atoms with van der Waals surface area (Å²) < 4.78 is 5.82. The number of likely N-dealkylation sites (tertiary alicyclic amines) is 1. The molecule has 0 aromatic heterocycles. The number of hydrogen-bond acceptors (Lipinski definition) is 4. The van der Waals surface area contributed by atoms with E-state index in [1.807, 2.05) is 23.1 Å².